The van der Waals surface area contributed by atoms with Crippen LogP contribution < -0.4 is 0 Å². The Hall–Kier alpha value is -3.14. The Labute approximate surface area is 166 Å². The smallest absolute Gasteiger partial charge is 0.206 e. The van der Waals surface area contributed by atoms with Gasteiger partial charge in [-0.15, -0.1) is 0 Å². The van der Waals surface area contributed by atoms with E-state index in [0.29, 0.717) is 10.9 Å². The Morgan fingerprint density at radius 3 is 1.93 bits per heavy atom. The van der Waals surface area contributed by atoms with Gasteiger partial charge in [0.1, 0.15) is 5.82 Å². The second-order valence-electron chi connectivity index (χ2n) is 6.99. The summed E-state index contributed by atoms with van der Waals surface area (Å²) in [5.41, 5.74) is 3.24. The van der Waals surface area contributed by atoms with Crippen LogP contribution in [0.25, 0.3) is 33.0 Å². The highest BCUT2D eigenvalue weighted by Gasteiger charge is 2.30. The van der Waals surface area contributed by atoms with Crippen LogP contribution in [0.5, 0.6) is 0 Å². The zero-order valence-corrected chi connectivity index (χ0v) is 15.7. The minimum atomic E-state index is -4.41. The zero-order valence-electron chi connectivity index (χ0n) is 15.7. The van der Waals surface area contributed by atoms with Crippen molar-refractivity contribution >= 4 is 10.8 Å². The predicted molar refractivity (Wildman–Crippen MR) is 109 cm³/mol. The van der Waals surface area contributed by atoms with E-state index in [1.807, 2.05) is 24.3 Å². The summed E-state index contributed by atoms with van der Waals surface area (Å²) in [5, 5.41) is 1.19. The van der Waals surface area contributed by atoms with Gasteiger partial charge in [0.25, 0.3) is 0 Å². The largest absolute Gasteiger partial charge is 0.416 e. The topological polar surface area (TPSA) is 0 Å². The van der Waals surface area contributed by atoms with Crippen molar-refractivity contribution in [2.75, 3.05) is 0 Å². The minimum absolute atomic E-state index is 0.284. The maximum atomic E-state index is 15.1. The van der Waals surface area contributed by atoms with Gasteiger partial charge in [-0.05, 0) is 52.3 Å². The molecule has 0 aliphatic heterocycles. The summed E-state index contributed by atoms with van der Waals surface area (Å²) >= 11 is 0. The Kier molecular flexibility index (Phi) is 4.87. The van der Waals surface area contributed by atoms with E-state index < -0.39 is 17.6 Å². The number of fused-ring (bicyclic) bond motifs is 1. The Bertz CT molecular complexity index is 1150. The van der Waals surface area contributed by atoms with Crippen LogP contribution in [0, 0.1) is 5.82 Å². The molecular formula is C25H18F4. The van der Waals surface area contributed by atoms with Gasteiger partial charge in [-0.3, -0.25) is 0 Å². The second-order valence-corrected chi connectivity index (χ2v) is 6.99. The van der Waals surface area contributed by atoms with Crippen LogP contribution in [0.2, 0.25) is 0 Å². The maximum Gasteiger partial charge on any atom is 0.416 e. The first kappa shape index (κ1) is 19.2. The normalized spacial score (nSPS) is 11.8. The third kappa shape index (κ3) is 3.75. The summed E-state index contributed by atoms with van der Waals surface area (Å²) in [6, 6.07) is 21.7. The molecule has 0 heterocycles. The van der Waals surface area contributed by atoms with E-state index in [0.717, 1.165) is 35.1 Å². The summed E-state index contributed by atoms with van der Waals surface area (Å²) in [6.07, 6.45) is -3.44. The molecule has 0 unspecified atom stereocenters. The average Bonchev–Trinajstić information content (AvgIpc) is 2.73. The number of hydrogen-bond donors (Lipinski definition) is 0. The number of rotatable bonds is 3. The molecule has 0 aromatic heterocycles. The van der Waals surface area contributed by atoms with E-state index in [2.05, 4.69) is 19.1 Å². The average molecular weight is 394 g/mol. The first-order valence-electron chi connectivity index (χ1n) is 9.36. The SMILES string of the molecule is CCc1ccc(-c2ccc3c(F)c(-c4ccc(C(F)(F)F)cc4)ccc3c2)cc1. The Morgan fingerprint density at radius 2 is 1.31 bits per heavy atom. The van der Waals surface area contributed by atoms with Crippen LogP contribution in [0.15, 0.2) is 78.9 Å². The van der Waals surface area contributed by atoms with Gasteiger partial charge in [0.2, 0.25) is 0 Å². The van der Waals surface area contributed by atoms with Crippen molar-refractivity contribution in [1.29, 1.82) is 0 Å². The molecule has 0 bridgehead atoms. The van der Waals surface area contributed by atoms with Gasteiger partial charge < -0.3 is 0 Å². The van der Waals surface area contributed by atoms with Gasteiger partial charge in [-0.1, -0.05) is 67.6 Å². The highest BCUT2D eigenvalue weighted by molar-refractivity contribution is 5.91. The quantitative estimate of drug-likeness (QED) is 0.310. The van der Waals surface area contributed by atoms with Crippen LogP contribution >= 0.6 is 0 Å². The summed E-state index contributed by atoms with van der Waals surface area (Å²) in [4.78, 5) is 0. The molecule has 0 radical (unpaired) electrons. The Morgan fingerprint density at radius 1 is 0.690 bits per heavy atom. The molecule has 4 rings (SSSR count). The third-order valence-corrected chi connectivity index (χ3v) is 5.17. The molecular weight excluding hydrogens is 376 g/mol. The van der Waals surface area contributed by atoms with Gasteiger partial charge in [0.15, 0.2) is 0 Å². The van der Waals surface area contributed by atoms with Crippen molar-refractivity contribution in [1.82, 2.24) is 0 Å². The zero-order chi connectivity index (χ0) is 20.6. The molecule has 0 atom stereocenters. The van der Waals surface area contributed by atoms with Crippen molar-refractivity contribution in [2.45, 2.75) is 19.5 Å². The summed E-state index contributed by atoms with van der Waals surface area (Å²) in [6.45, 7) is 2.10. The van der Waals surface area contributed by atoms with Gasteiger partial charge in [-0.25, -0.2) is 4.39 Å². The molecule has 0 saturated heterocycles. The van der Waals surface area contributed by atoms with Gasteiger partial charge in [-0.2, -0.15) is 13.2 Å². The molecule has 0 fully saturated rings. The predicted octanol–water partition coefficient (Wildman–Crippen LogP) is 7.89. The lowest BCUT2D eigenvalue weighted by Gasteiger charge is -2.11. The molecule has 4 aromatic rings. The van der Waals surface area contributed by atoms with E-state index >= 15 is 4.39 Å². The molecule has 0 saturated carbocycles. The molecule has 4 heteroatoms. The molecule has 0 aliphatic rings. The van der Waals surface area contributed by atoms with Crippen LogP contribution in [0.4, 0.5) is 17.6 Å². The van der Waals surface area contributed by atoms with Crippen LogP contribution in [0.1, 0.15) is 18.1 Å². The lowest BCUT2D eigenvalue weighted by molar-refractivity contribution is -0.137. The fourth-order valence-corrected chi connectivity index (χ4v) is 3.47. The molecule has 0 amide bonds. The maximum absolute atomic E-state index is 15.1. The molecule has 0 aliphatic carbocycles. The monoisotopic (exact) mass is 394 g/mol. The van der Waals surface area contributed by atoms with Crippen LogP contribution in [-0.2, 0) is 12.6 Å². The number of benzene rings is 4. The van der Waals surface area contributed by atoms with Crippen molar-refractivity contribution in [3.63, 3.8) is 0 Å². The molecule has 146 valence electrons. The standard InChI is InChI=1S/C25H18F4/c1-2-16-3-5-17(6-4-16)19-9-13-23-20(15-19)10-14-22(24(23)26)18-7-11-21(12-8-18)25(27,28)29/h3-15H,2H2,1H3. The lowest BCUT2D eigenvalue weighted by atomic mass is 9.96. The summed E-state index contributed by atoms with van der Waals surface area (Å²) in [7, 11) is 0. The number of hydrogen-bond acceptors (Lipinski definition) is 0. The first-order chi connectivity index (χ1) is 13.9. The molecule has 4 aromatic carbocycles. The number of aryl methyl sites for hydroxylation is 1. The fourth-order valence-electron chi connectivity index (χ4n) is 3.47. The highest BCUT2D eigenvalue weighted by Crippen LogP contribution is 2.34. The van der Waals surface area contributed by atoms with E-state index in [1.165, 1.54) is 17.7 Å². The number of halogens is 4. The second kappa shape index (κ2) is 7.36. The summed E-state index contributed by atoms with van der Waals surface area (Å²) in [5.74, 6) is -0.435. The van der Waals surface area contributed by atoms with Crippen molar-refractivity contribution in [3.05, 3.63) is 95.8 Å². The van der Waals surface area contributed by atoms with Gasteiger partial charge in [0.05, 0.1) is 5.56 Å². The molecule has 29 heavy (non-hydrogen) atoms. The van der Waals surface area contributed by atoms with Gasteiger partial charge >= 0.3 is 6.18 Å². The van der Waals surface area contributed by atoms with E-state index in [1.54, 1.807) is 18.2 Å². The summed E-state index contributed by atoms with van der Waals surface area (Å²) < 4.78 is 53.4. The van der Waals surface area contributed by atoms with E-state index in [-0.39, 0.29) is 5.56 Å². The Balaban J connectivity index is 1.72. The third-order valence-electron chi connectivity index (χ3n) is 5.17. The molecule has 0 spiro atoms. The minimum Gasteiger partial charge on any atom is -0.206 e. The van der Waals surface area contributed by atoms with Crippen molar-refractivity contribution in [2.24, 2.45) is 0 Å². The number of alkyl halides is 3. The van der Waals surface area contributed by atoms with Crippen LogP contribution in [-0.4, -0.2) is 0 Å². The van der Waals surface area contributed by atoms with E-state index in [4.69, 9.17) is 0 Å². The molecule has 0 N–H and O–H groups in total. The van der Waals surface area contributed by atoms with E-state index in [9.17, 15) is 13.2 Å². The first-order valence-corrected chi connectivity index (χ1v) is 9.36. The lowest BCUT2D eigenvalue weighted by Crippen LogP contribution is -2.04. The fraction of sp³-hybridized carbons (Fsp3) is 0.120. The molecule has 0 nitrogen and oxygen atoms in total. The van der Waals surface area contributed by atoms with Crippen molar-refractivity contribution in [3.8, 4) is 22.3 Å². The highest BCUT2D eigenvalue weighted by atomic mass is 19.4. The van der Waals surface area contributed by atoms with Crippen molar-refractivity contribution < 1.29 is 17.6 Å². The van der Waals surface area contributed by atoms with Gasteiger partial charge in [0, 0.05) is 10.9 Å². The van der Waals surface area contributed by atoms with Crippen LogP contribution in [0.3, 0.4) is 0 Å².